The number of fused-ring (bicyclic) bond motifs is 6. The molecule has 8 aromatic carbocycles. The van der Waals surface area contributed by atoms with E-state index < -0.39 is 0 Å². The summed E-state index contributed by atoms with van der Waals surface area (Å²) in [4.78, 5) is 2.57. The Labute approximate surface area is 339 Å². The topological polar surface area (TPSA) is 8.17 Å². The molecule has 0 radical (unpaired) electrons. The first-order chi connectivity index (χ1) is 28.8. The fourth-order valence-corrected chi connectivity index (χ4v) is 9.41. The van der Waals surface area contributed by atoms with Gasteiger partial charge in [-0.2, -0.15) is 0 Å². The Kier molecular flexibility index (Phi) is 8.47. The molecule has 0 N–H and O–H groups in total. The van der Waals surface area contributed by atoms with Crippen LogP contribution in [-0.2, 0) is 0 Å². The number of anilines is 2. The second-order valence-electron chi connectivity index (χ2n) is 15.5. The van der Waals surface area contributed by atoms with Crippen LogP contribution < -0.4 is 4.90 Å². The molecule has 2 nitrogen and oxygen atoms in total. The van der Waals surface area contributed by atoms with E-state index in [-0.39, 0.29) is 0 Å². The first-order valence-electron chi connectivity index (χ1n) is 20.6. The number of allylic oxidation sites excluding steroid dienone is 8. The molecule has 0 spiro atoms. The highest BCUT2D eigenvalue weighted by Crippen LogP contribution is 2.46. The van der Waals surface area contributed by atoms with Crippen LogP contribution in [0, 0.1) is 0 Å². The van der Waals surface area contributed by atoms with Gasteiger partial charge in [0.1, 0.15) is 0 Å². The second kappa shape index (κ2) is 14.4. The predicted octanol–water partition coefficient (Wildman–Crippen LogP) is 15.4. The Bertz CT molecular complexity index is 3150. The second-order valence-corrected chi connectivity index (χ2v) is 15.5. The molecule has 2 aliphatic rings. The highest BCUT2D eigenvalue weighted by atomic mass is 15.2. The maximum Gasteiger partial charge on any atom is 0.0547 e. The van der Waals surface area contributed by atoms with Gasteiger partial charge >= 0.3 is 0 Å². The van der Waals surface area contributed by atoms with Crippen LogP contribution in [0.25, 0.3) is 71.3 Å². The Balaban J connectivity index is 1.12. The molecule has 276 valence electrons. The molecule has 9 aromatic rings. The summed E-state index contributed by atoms with van der Waals surface area (Å²) in [5, 5.41) is 7.58. The molecule has 0 unspecified atom stereocenters. The van der Waals surface area contributed by atoms with Gasteiger partial charge in [0.2, 0.25) is 0 Å². The lowest BCUT2D eigenvalue weighted by Gasteiger charge is -2.33. The first kappa shape index (κ1) is 34.1. The fraction of sp³-hybridized carbons (Fsp3) is 0.0714. The third-order valence-electron chi connectivity index (χ3n) is 12.1. The van der Waals surface area contributed by atoms with Crippen LogP contribution in [0.3, 0.4) is 0 Å². The van der Waals surface area contributed by atoms with Gasteiger partial charge < -0.3 is 9.47 Å². The van der Waals surface area contributed by atoms with E-state index in [1.165, 1.54) is 99.5 Å². The Morgan fingerprint density at radius 2 is 1.12 bits per heavy atom. The molecule has 0 fully saturated rings. The van der Waals surface area contributed by atoms with Crippen LogP contribution >= 0.6 is 0 Å². The molecule has 0 bridgehead atoms. The Morgan fingerprint density at radius 1 is 0.448 bits per heavy atom. The summed E-state index contributed by atoms with van der Waals surface area (Å²) in [6.07, 6.45) is 15.9. The zero-order valence-corrected chi connectivity index (χ0v) is 32.4. The highest BCUT2D eigenvalue weighted by molar-refractivity contribution is 6.16. The zero-order chi connectivity index (χ0) is 38.4. The van der Waals surface area contributed by atoms with Gasteiger partial charge in [-0.15, -0.1) is 0 Å². The van der Waals surface area contributed by atoms with E-state index in [0.29, 0.717) is 0 Å². The van der Waals surface area contributed by atoms with Crippen molar-refractivity contribution in [2.45, 2.75) is 25.7 Å². The number of nitrogens with zero attached hydrogens (tertiary/aromatic N) is 2. The van der Waals surface area contributed by atoms with Crippen molar-refractivity contribution >= 4 is 65.9 Å². The minimum atomic E-state index is 0.917. The molecule has 0 saturated carbocycles. The average Bonchev–Trinajstić information content (AvgIpc) is 3.65. The third kappa shape index (κ3) is 5.80. The lowest BCUT2D eigenvalue weighted by Crippen LogP contribution is -2.19. The fourth-order valence-electron chi connectivity index (χ4n) is 9.41. The van der Waals surface area contributed by atoms with Crippen molar-refractivity contribution < 1.29 is 0 Å². The third-order valence-corrected chi connectivity index (χ3v) is 12.1. The van der Waals surface area contributed by atoms with Gasteiger partial charge in [0.05, 0.1) is 22.4 Å². The smallest absolute Gasteiger partial charge is 0.0547 e. The van der Waals surface area contributed by atoms with Gasteiger partial charge in [-0.3, -0.25) is 0 Å². The summed E-state index contributed by atoms with van der Waals surface area (Å²) >= 11 is 0. The maximum absolute atomic E-state index is 2.57. The number of rotatable bonds is 7. The molecule has 2 aliphatic carbocycles. The minimum Gasteiger partial charge on any atom is -0.313 e. The van der Waals surface area contributed by atoms with Crippen LogP contribution in [0.1, 0.15) is 36.8 Å². The molecule has 0 aliphatic heterocycles. The number of para-hydroxylation sites is 3. The van der Waals surface area contributed by atoms with Crippen LogP contribution in [-0.4, -0.2) is 4.57 Å². The first-order valence-corrected chi connectivity index (χ1v) is 20.6. The van der Waals surface area contributed by atoms with Gasteiger partial charge in [0, 0.05) is 33.1 Å². The van der Waals surface area contributed by atoms with E-state index in [0.717, 1.165) is 25.7 Å². The summed E-state index contributed by atoms with van der Waals surface area (Å²) in [6.45, 7) is 0. The van der Waals surface area contributed by atoms with E-state index in [2.05, 4.69) is 216 Å². The Morgan fingerprint density at radius 3 is 1.97 bits per heavy atom. The SMILES string of the molecule is C1=CC(c2ccc(-c3ccccc3N(C3=CC(c4cccc5c4c4ccccc4n5-c4ccccc4)=CCC3)c3cc4ccccc4c4ccccc34)cc2)=CCC1. The van der Waals surface area contributed by atoms with E-state index in [1.54, 1.807) is 0 Å². The highest BCUT2D eigenvalue weighted by Gasteiger charge is 2.25. The number of benzene rings is 8. The molecule has 1 aromatic heterocycles. The van der Waals surface area contributed by atoms with Gasteiger partial charge in [-0.1, -0.05) is 164 Å². The van der Waals surface area contributed by atoms with Gasteiger partial charge in [0.15, 0.2) is 0 Å². The summed E-state index contributed by atoms with van der Waals surface area (Å²) in [7, 11) is 0. The molecule has 2 heteroatoms. The van der Waals surface area contributed by atoms with E-state index >= 15 is 0 Å². The monoisotopic (exact) mass is 742 g/mol. The molecule has 58 heavy (non-hydrogen) atoms. The number of hydrogen-bond acceptors (Lipinski definition) is 1. The van der Waals surface area contributed by atoms with Crippen molar-refractivity contribution in [3.05, 3.63) is 223 Å². The molecule has 0 amide bonds. The number of hydrogen-bond donors (Lipinski definition) is 0. The Hall–Kier alpha value is -7.16. The zero-order valence-electron chi connectivity index (χ0n) is 32.4. The van der Waals surface area contributed by atoms with Crippen molar-refractivity contribution in [1.29, 1.82) is 0 Å². The summed E-state index contributed by atoms with van der Waals surface area (Å²) in [6, 6.07) is 64.8. The van der Waals surface area contributed by atoms with E-state index in [9.17, 15) is 0 Å². The van der Waals surface area contributed by atoms with Gasteiger partial charge in [0.25, 0.3) is 0 Å². The summed E-state index contributed by atoms with van der Waals surface area (Å²) in [5.41, 5.74) is 14.8. The molecule has 1 heterocycles. The van der Waals surface area contributed by atoms with Crippen LogP contribution in [0.5, 0.6) is 0 Å². The van der Waals surface area contributed by atoms with Crippen molar-refractivity contribution in [3.8, 4) is 16.8 Å². The van der Waals surface area contributed by atoms with Gasteiger partial charge in [-0.05, 0) is 112 Å². The lowest BCUT2D eigenvalue weighted by molar-refractivity contribution is 0.924. The number of aromatic nitrogens is 1. The van der Waals surface area contributed by atoms with Crippen molar-refractivity contribution in [2.24, 2.45) is 0 Å². The predicted molar refractivity (Wildman–Crippen MR) is 248 cm³/mol. The molecular formula is C56H42N2. The van der Waals surface area contributed by atoms with Crippen molar-refractivity contribution in [1.82, 2.24) is 4.57 Å². The molecule has 0 saturated heterocycles. The quantitative estimate of drug-likeness (QED) is 0.148. The summed E-state index contributed by atoms with van der Waals surface area (Å²) < 4.78 is 2.41. The van der Waals surface area contributed by atoms with Crippen LogP contribution in [0.4, 0.5) is 11.4 Å². The molecule has 11 rings (SSSR count). The summed E-state index contributed by atoms with van der Waals surface area (Å²) in [5.74, 6) is 0. The van der Waals surface area contributed by atoms with Gasteiger partial charge in [-0.25, -0.2) is 0 Å². The molecular weight excluding hydrogens is 701 g/mol. The molecule has 0 atom stereocenters. The van der Waals surface area contributed by atoms with E-state index in [1.807, 2.05) is 0 Å². The standard InChI is InChI=1S/C56H42N2/c1-3-17-39(18-4-1)40-33-35-41(36-34-40)47-25-11-13-30-52(47)58(55-38-43-19-7-8-24-46(43)49-26-9-10-27-50(49)55)45-23-15-20-42(37-45)48-29-16-32-54-56(48)51-28-12-14-31-53(51)57(54)44-21-5-2-6-22-44/h2-3,5-14,16-22,24-38H,1,4,15,23H2. The van der Waals surface area contributed by atoms with Crippen LogP contribution in [0.2, 0.25) is 0 Å². The van der Waals surface area contributed by atoms with Crippen molar-refractivity contribution in [2.75, 3.05) is 4.90 Å². The van der Waals surface area contributed by atoms with Crippen molar-refractivity contribution in [3.63, 3.8) is 0 Å². The maximum atomic E-state index is 2.57. The minimum absolute atomic E-state index is 0.917. The largest absolute Gasteiger partial charge is 0.313 e. The average molecular weight is 743 g/mol. The van der Waals surface area contributed by atoms with Crippen LogP contribution in [0.15, 0.2) is 212 Å². The lowest BCUT2D eigenvalue weighted by atomic mass is 9.92. The van der Waals surface area contributed by atoms with E-state index in [4.69, 9.17) is 0 Å². The normalized spacial score (nSPS) is 14.2.